The molecule has 6 nitrogen and oxygen atoms in total. The number of aromatic nitrogens is 3. The minimum atomic E-state index is 0.299. The summed E-state index contributed by atoms with van der Waals surface area (Å²) in [5, 5.41) is 9.48. The Labute approximate surface area is 159 Å². The van der Waals surface area contributed by atoms with E-state index in [4.69, 9.17) is 4.98 Å². The Morgan fingerprint density at radius 2 is 1.59 bits per heavy atom. The number of piperazine rings is 1. The lowest BCUT2D eigenvalue weighted by Gasteiger charge is -2.37. The van der Waals surface area contributed by atoms with Crippen molar-refractivity contribution in [1.29, 1.82) is 0 Å². The number of pyridine rings is 1. The maximum atomic E-state index is 9.48. The highest BCUT2D eigenvalue weighted by Crippen LogP contribution is 2.26. The van der Waals surface area contributed by atoms with E-state index in [9.17, 15) is 5.11 Å². The zero-order chi connectivity index (χ0) is 18.8. The van der Waals surface area contributed by atoms with Crippen molar-refractivity contribution < 1.29 is 5.11 Å². The van der Waals surface area contributed by atoms with Crippen molar-refractivity contribution in [3.63, 3.8) is 0 Å². The first kappa shape index (κ1) is 17.3. The number of nitrogens with zero attached hydrogens (tertiary/aromatic N) is 5. The number of benzene rings is 1. The molecule has 3 heterocycles. The van der Waals surface area contributed by atoms with Crippen LogP contribution >= 0.6 is 0 Å². The standard InChI is InChI=1S/C21H23N5O/c1-15-16(2)23-20(17-4-3-9-22-14-17)24-21(15)26-12-10-25(11-13-26)18-5-7-19(27)8-6-18/h3-9,14,27H,10-13H2,1-2H3. The lowest BCUT2D eigenvalue weighted by atomic mass is 10.2. The molecule has 0 atom stereocenters. The Balaban J connectivity index is 1.56. The minimum Gasteiger partial charge on any atom is -0.508 e. The van der Waals surface area contributed by atoms with Crippen molar-refractivity contribution in [2.75, 3.05) is 36.0 Å². The largest absolute Gasteiger partial charge is 0.508 e. The predicted octanol–water partition coefficient (Wildman–Crippen LogP) is 3.19. The molecule has 1 aliphatic heterocycles. The van der Waals surface area contributed by atoms with E-state index >= 15 is 0 Å². The quantitative estimate of drug-likeness (QED) is 0.773. The maximum Gasteiger partial charge on any atom is 0.163 e. The number of phenolic OH excluding ortho intramolecular Hbond substituents is 1. The van der Waals surface area contributed by atoms with Gasteiger partial charge in [-0.2, -0.15) is 0 Å². The van der Waals surface area contributed by atoms with Crippen LogP contribution in [-0.2, 0) is 0 Å². The maximum absolute atomic E-state index is 9.48. The molecule has 3 aromatic rings. The normalized spacial score (nSPS) is 14.4. The zero-order valence-corrected chi connectivity index (χ0v) is 15.6. The van der Waals surface area contributed by atoms with E-state index in [0.717, 1.165) is 60.3 Å². The van der Waals surface area contributed by atoms with Crippen LogP contribution in [0.25, 0.3) is 11.4 Å². The number of rotatable bonds is 3. The van der Waals surface area contributed by atoms with Gasteiger partial charge in [0.05, 0.1) is 0 Å². The number of hydrogen-bond acceptors (Lipinski definition) is 6. The topological polar surface area (TPSA) is 65.4 Å². The fourth-order valence-corrected chi connectivity index (χ4v) is 3.39. The zero-order valence-electron chi connectivity index (χ0n) is 15.6. The molecule has 1 aromatic carbocycles. The van der Waals surface area contributed by atoms with Gasteiger partial charge in [0.1, 0.15) is 11.6 Å². The lowest BCUT2D eigenvalue weighted by molar-refractivity contribution is 0.475. The highest BCUT2D eigenvalue weighted by molar-refractivity contribution is 5.60. The molecule has 1 N–H and O–H groups in total. The van der Waals surface area contributed by atoms with Crippen molar-refractivity contribution in [1.82, 2.24) is 15.0 Å². The molecule has 1 aliphatic rings. The van der Waals surface area contributed by atoms with Gasteiger partial charge in [-0.05, 0) is 50.2 Å². The van der Waals surface area contributed by atoms with E-state index in [2.05, 4.69) is 26.7 Å². The molecule has 0 amide bonds. The number of anilines is 2. The molecular formula is C21H23N5O. The van der Waals surface area contributed by atoms with E-state index in [-0.39, 0.29) is 0 Å². The third kappa shape index (κ3) is 3.56. The number of aryl methyl sites for hydroxylation is 1. The molecule has 0 unspecified atom stereocenters. The van der Waals surface area contributed by atoms with Crippen LogP contribution in [0.4, 0.5) is 11.5 Å². The van der Waals surface area contributed by atoms with Crippen molar-refractivity contribution >= 4 is 11.5 Å². The van der Waals surface area contributed by atoms with Crippen LogP contribution in [-0.4, -0.2) is 46.2 Å². The highest BCUT2D eigenvalue weighted by Gasteiger charge is 2.21. The molecule has 2 aromatic heterocycles. The van der Waals surface area contributed by atoms with Crippen LogP contribution < -0.4 is 9.80 Å². The molecule has 0 radical (unpaired) electrons. The predicted molar refractivity (Wildman–Crippen MR) is 107 cm³/mol. The second-order valence-electron chi connectivity index (χ2n) is 6.81. The average Bonchev–Trinajstić information content (AvgIpc) is 2.71. The van der Waals surface area contributed by atoms with Crippen molar-refractivity contribution in [2.45, 2.75) is 13.8 Å². The second kappa shape index (κ2) is 7.23. The van der Waals surface area contributed by atoms with Gasteiger partial charge in [-0.1, -0.05) is 0 Å². The fraction of sp³-hybridized carbons (Fsp3) is 0.286. The SMILES string of the molecule is Cc1nc(-c2cccnc2)nc(N2CCN(c3ccc(O)cc3)CC2)c1C. The number of aromatic hydroxyl groups is 1. The van der Waals surface area contributed by atoms with Crippen LogP contribution in [0.1, 0.15) is 11.3 Å². The minimum absolute atomic E-state index is 0.299. The second-order valence-corrected chi connectivity index (χ2v) is 6.81. The molecule has 1 fully saturated rings. The smallest absolute Gasteiger partial charge is 0.163 e. The highest BCUT2D eigenvalue weighted by atomic mass is 16.3. The van der Waals surface area contributed by atoms with Gasteiger partial charge in [-0.25, -0.2) is 9.97 Å². The molecule has 27 heavy (non-hydrogen) atoms. The van der Waals surface area contributed by atoms with Gasteiger partial charge in [0, 0.05) is 61.1 Å². The number of hydrogen-bond donors (Lipinski definition) is 1. The molecule has 0 saturated carbocycles. The summed E-state index contributed by atoms with van der Waals surface area (Å²) in [4.78, 5) is 18.4. The van der Waals surface area contributed by atoms with Gasteiger partial charge in [-0.3, -0.25) is 4.98 Å². The summed E-state index contributed by atoms with van der Waals surface area (Å²) in [5.41, 5.74) is 4.20. The Kier molecular flexibility index (Phi) is 4.62. The van der Waals surface area contributed by atoms with E-state index in [1.165, 1.54) is 0 Å². The van der Waals surface area contributed by atoms with Gasteiger partial charge in [-0.15, -0.1) is 0 Å². The van der Waals surface area contributed by atoms with Gasteiger partial charge in [0.25, 0.3) is 0 Å². The summed E-state index contributed by atoms with van der Waals surface area (Å²) in [6.45, 7) is 7.73. The molecule has 0 bridgehead atoms. The Bertz CT molecular complexity index is 919. The van der Waals surface area contributed by atoms with Crippen LogP contribution in [0.5, 0.6) is 5.75 Å². The van der Waals surface area contributed by atoms with Crippen molar-refractivity contribution in [3.05, 3.63) is 60.0 Å². The third-order valence-electron chi connectivity index (χ3n) is 5.08. The summed E-state index contributed by atoms with van der Waals surface area (Å²) in [5.74, 6) is 2.03. The summed E-state index contributed by atoms with van der Waals surface area (Å²) < 4.78 is 0. The summed E-state index contributed by atoms with van der Waals surface area (Å²) in [6, 6.07) is 11.3. The van der Waals surface area contributed by atoms with Crippen molar-refractivity contribution in [3.8, 4) is 17.1 Å². The van der Waals surface area contributed by atoms with Gasteiger partial charge >= 0.3 is 0 Å². The molecule has 6 heteroatoms. The molecule has 138 valence electrons. The first-order chi connectivity index (χ1) is 13.1. The first-order valence-corrected chi connectivity index (χ1v) is 9.16. The van der Waals surface area contributed by atoms with Crippen LogP contribution in [0, 0.1) is 13.8 Å². The summed E-state index contributed by atoms with van der Waals surface area (Å²) >= 11 is 0. The molecule has 0 aliphatic carbocycles. The molecule has 1 saturated heterocycles. The van der Waals surface area contributed by atoms with Crippen LogP contribution in [0.2, 0.25) is 0 Å². The molecular weight excluding hydrogens is 338 g/mol. The van der Waals surface area contributed by atoms with Crippen LogP contribution in [0.15, 0.2) is 48.8 Å². The first-order valence-electron chi connectivity index (χ1n) is 9.16. The van der Waals surface area contributed by atoms with E-state index in [1.807, 2.05) is 31.2 Å². The molecule has 4 rings (SSSR count). The lowest BCUT2D eigenvalue weighted by Crippen LogP contribution is -2.47. The third-order valence-corrected chi connectivity index (χ3v) is 5.08. The Hall–Kier alpha value is -3.15. The summed E-state index contributed by atoms with van der Waals surface area (Å²) in [7, 11) is 0. The van der Waals surface area contributed by atoms with E-state index in [1.54, 1.807) is 24.5 Å². The van der Waals surface area contributed by atoms with Crippen molar-refractivity contribution in [2.24, 2.45) is 0 Å². The fourth-order valence-electron chi connectivity index (χ4n) is 3.39. The Morgan fingerprint density at radius 1 is 0.889 bits per heavy atom. The number of phenols is 1. The van der Waals surface area contributed by atoms with Gasteiger partial charge in [0.2, 0.25) is 0 Å². The van der Waals surface area contributed by atoms with Crippen LogP contribution in [0.3, 0.4) is 0 Å². The van der Waals surface area contributed by atoms with E-state index < -0.39 is 0 Å². The summed E-state index contributed by atoms with van der Waals surface area (Å²) in [6.07, 6.45) is 3.56. The Morgan fingerprint density at radius 3 is 2.26 bits per heavy atom. The monoisotopic (exact) mass is 361 g/mol. The van der Waals surface area contributed by atoms with Gasteiger partial charge in [0.15, 0.2) is 5.82 Å². The average molecular weight is 361 g/mol. The van der Waals surface area contributed by atoms with E-state index in [0.29, 0.717) is 5.75 Å². The van der Waals surface area contributed by atoms with Gasteiger partial charge < -0.3 is 14.9 Å². The molecule has 0 spiro atoms.